The predicted molar refractivity (Wildman–Crippen MR) is 103 cm³/mol. The smallest absolute Gasteiger partial charge is 0.254 e. The van der Waals surface area contributed by atoms with Crippen molar-refractivity contribution in [2.24, 2.45) is 5.92 Å². The zero-order valence-corrected chi connectivity index (χ0v) is 15.9. The Morgan fingerprint density at radius 2 is 1.85 bits per heavy atom. The van der Waals surface area contributed by atoms with Crippen molar-refractivity contribution in [2.75, 3.05) is 13.1 Å². The van der Waals surface area contributed by atoms with Crippen LogP contribution in [0.3, 0.4) is 0 Å². The highest BCUT2D eigenvalue weighted by Crippen LogP contribution is 2.34. The fourth-order valence-electron chi connectivity index (χ4n) is 3.69. The zero-order valence-electron chi connectivity index (χ0n) is 15.9. The van der Waals surface area contributed by atoms with E-state index in [0.717, 1.165) is 11.1 Å². The van der Waals surface area contributed by atoms with Crippen LogP contribution in [0.1, 0.15) is 41.3 Å². The molecular formula is C22H25FN2O2. The highest BCUT2D eigenvalue weighted by molar-refractivity contribution is 5.96. The lowest BCUT2D eigenvalue weighted by molar-refractivity contribution is -0.125. The second kappa shape index (κ2) is 7.91. The van der Waals surface area contributed by atoms with Crippen molar-refractivity contribution >= 4 is 11.8 Å². The van der Waals surface area contributed by atoms with Gasteiger partial charge in [0.25, 0.3) is 5.91 Å². The molecule has 2 aromatic rings. The lowest BCUT2D eigenvalue weighted by Crippen LogP contribution is -2.39. The van der Waals surface area contributed by atoms with Gasteiger partial charge < -0.3 is 10.2 Å². The number of rotatable bonds is 4. The van der Waals surface area contributed by atoms with Crippen LogP contribution < -0.4 is 5.32 Å². The third-order valence-electron chi connectivity index (χ3n) is 5.03. The van der Waals surface area contributed by atoms with Crippen molar-refractivity contribution in [3.05, 3.63) is 71.0 Å². The molecule has 1 heterocycles. The van der Waals surface area contributed by atoms with Crippen molar-refractivity contribution in [1.29, 1.82) is 0 Å². The Morgan fingerprint density at radius 3 is 2.52 bits per heavy atom. The topological polar surface area (TPSA) is 49.4 Å². The van der Waals surface area contributed by atoms with Crippen molar-refractivity contribution in [2.45, 2.75) is 32.7 Å². The Balaban J connectivity index is 1.90. The largest absolute Gasteiger partial charge is 0.354 e. The van der Waals surface area contributed by atoms with Gasteiger partial charge in [-0.15, -0.1) is 0 Å². The van der Waals surface area contributed by atoms with E-state index in [-0.39, 0.29) is 29.6 Å². The lowest BCUT2D eigenvalue weighted by Gasteiger charge is -2.19. The van der Waals surface area contributed by atoms with Crippen LogP contribution in [-0.2, 0) is 4.79 Å². The van der Waals surface area contributed by atoms with Gasteiger partial charge in [0, 0.05) is 30.6 Å². The number of hydrogen-bond acceptors (Lipinski definition) is 2. The van der Waals surface area contributed by atoms with Crippen LogP contribution in [0.15, 0.2) is 48.5 Å². The Hall–Kier alpha value is -2.69. The predicted octanol–water partition coefficient (Wildman–Crippen LogP) is 3.51. The first kappa shape index (κ1) is 19.1. The molecule has 1 saturated heterocycles. The second-order valence-electron chi connectivity index (χ2n) is 7.46. The summed E-state index contributed by atoms with van der Waals surface area (Å²) in [7, 11) is 0. The summed E-state index contributed by atoms with van der Waals surface area (Å²) < 4.78 is 13.8. The monoisotopic (exact) mass is 368 g/mol. The van der Waals surface area contributed by atoms with E-state index in [1.807, 2.05) is 45.0 Å². The van der Waals surface area contributed by atoms with E-state index in [4.69, 9.17) is 0 Å². The summed E-state index contributed by atoms with van der Waals surface area (Å²) in [6.45, 7) is 6.43. The van der Waals surface area contributed by atoms with Crippen molar-refractivity contribution in [3.8, 4) is 0 Å². The van der Waals surface area contributed by atoms with E-state index in [9.17, 15) is 14.0 Å². The number of amides is 2. The molecule has 0 aliphatic carbocycles. The first-order chi connectivity index (χ1) is 12.9. The van der Waals surface area contributed by atoms with Crippen molar-refractivity contribution in [3.63, 3.8) is 0 Å². The molecule has 1 N–H and O–H groups in total. The molecule has 1 aliphatic rings. The molecule has 0 bridgehead atoms. The van der Waals surface area contributed by atoms with Gasteiger partial charge in [0.15, 0.2) is 0 Å². The van der Waals surface area contributed by atoms with Crippen LogP contribution in [-0.4, -0.2) is 35.8 Å². The highest BCUT2D eigenvalue weighted by Gasteiger charge is 2.41. The van der Waals surface area contributed by atoms with Gasteiger partial charge in [-0.2, -0.15) is 0 Å². The second-order valence-corrected chi connectivity index (χ2v) is 7.46. The summed E-state index contributed by atoms with van der Waals surface area (Å²) in [6, 6.07) is 13.8. The van der Waals surface area contributed by atoms with E-state index < -0.39 is 5.92 Å². The van der Waals surface area contributed by atoms with Gasteiger partial charge in [0.1, 0.15) is 5.82 Å². The van der Waals surface area contributed by atoms with Crippen LogP contribution in [0.2, 0.25) is 0 Å². The molecule has 27 heavy (non-hydrogen) atoms. The van der Waals surface area contributed by atoms with Gasteiger partial charge in [0.05, 0.1) is 5.92 Å². The van der Waals surface area contributed by atoms with Crippen LogP contribution in [0, 0.1) is 18.7 Å². The minimum absolute atomic E-state index is 0.00628. The molecule has 0 saturated carbocycles. The molecule has 5 heteroatoms. The van der Waals surface area contributed by atoms with E-state index in [0.29, 0.717) is 18.7 Å². The number of nitrogens with one attached hydrogen (secondary N) is 1. The molecule has 2 amide bonds. The summed E-state index contributed by atoms with van der Waals surface area (Å²) in [5.41, 5.74) is 2.29. The fraction of sp³-hybridized carbons (Fsp3) is 0.364. The summed E-state index contributed by atoms with van der Waals surface area (Å²) >= 11 is 0. The number of halogens is 1. The average molecular weight is 368 g/mol. The van der Waals surface area contributed by atoms with Gasteiger partial charge in [-0.25, -0.2) is 4.39 Å². The molecule has 3 rings (SSSR count). The van der Waals surface area contributed by atoms with Crippen LogP contribution in [0.25, 0.3) is 0 Å². The van der Waals surface area contributed by atoms with Crippen molar-refractivity contribution < 1.29 is 14.0 Å². The van der Waals surface area contributed by atoms with Gasteiger partial charge in [0.2, 0.25) is 5.91 Å². The molecule has 2 aromatic carbocycles. The Labute approximate surface area is 159 Å². The van der Waals surface area contributed by atoms with Gasteiger partial charge in [-0.3, -0.25) is 9.59 Å². The Morgan fingerprint density at radius 1 is 1.11 bits per heavy atom. The number of nitrogens with zero attached hydrogens (tertiary/aromatic N) is 1. The van der Waals surface area contributed by atoms with Crippen LogP contribution in [0.4, 0.5) is 4.39 Å². The minimum atomic E-state index is -0.401. The van der Waals surface area contributed by atoms with Gasteiger partial charge in [-0.1, -0.05) is 30.3 Å². The van der Waals surface area contributed by atoms with E-state index in [2.05, 4.69) is 5.32 Å². The average Bonchev–Trinajstić information content (AvgIpc) is 3.06. The minimum Gasteiger partial charge on any atom is -0.354 e. The normalized spacial score (nSPS) is 19.4. The molecule has 0 radical (unpaired) electrons. The fourth-order valence-corrected chi connectivity index (χ4v) is 3.69. The van der Waals surface area contributed by atoms with Crippen molar-refractivity contribution in [1.82, 2.24) is 10.2 Å². The third-order valence-corrected chi connectivity index (χ3v) is 5.03. The first-order valence-corrected chi connectivity index (χ1v) is 9.27. The zero-order chi connectivity index (χ0) is 19.6. The van der Waals surface area contributed by atoms with Crippen LogP contribution >= 0.6 is 0 Å². The number of likely N-dealkylation sites (tertiary alicyclic amines) is 1. The van der Waals surface area contributed by atoms with E-state index >= 15 is 0 Å². The van der Waals surface area contributed by atoms with E-state index in [1.54, 1.807) is 17.0 Å². The molecule has 142 valence electrons. The summed E-state index contributed by atoms with van der Waals surface area (Å²) in [5.74, 6) is -1.15. The number of aryl methyl sites for hydroxylation is 1. The third kappa shape index (κ3) is 4.18. The summed E-state index contributed by atoms with van der Waals surface area (Å²) in [4.78, 5) is 27.5. The number of carbonyl (C=O) groups is 2. The molecule has 0 aromatic heterocycles. The quantitative estimate of drug-likeness (QED) is 0.898. The van der Waals surface area contributed by atoms with Crippen LogP contribution in [0.5, 0.6) is 0 Å². The highest BCUT2D eigenvalue weighted by atomic mass is 19.1. The standard InChI is InChI=1S/C22H25FN2O2/c1-14(2)24-21(26)20-13-25(22(27)18-10-5-4-7-15(18)3)12-19(20)16-8-6-9-17(23)11-16/h4-11,14,19-20H,12-13H2,1-3H3,(H,24,26). The molecule has 0 spiro atoms. The molecule has 2 atom stereocenters. The molecule has 1 aliphatic heterocycles. The number of hydrogen-bond donors (Lipinski definition) is 1. The summed E-state index contributed by atoms with van der Waals surface area (Å²) in [6.07, 6.45) is 0. The Bertz CT molecular complexity index is 850. The number of benzene rings is 2. The maximum absolute atomic E-state index is 13.8. The Kier molecular flexibility index (Phi) is 5.59. The summed E-state index contributed by atoms with van der Waals surface area (Å²) in [5, 5.41) is 2.94. The van der Waals surface area contributed by atoms with E-state index in [1.165, 1.54) is 12.1 Å². The first-order valence-electron chi connectivity index (χ1n) is 9.27. The SMILES string of the molecule is Cc1ccccc1C(=O)N1CC(C(=O)NC(C)C)C(c2cccc(F)c2)C1. The van der Waals surface area contributed by atoms with Gasteiger partial charge >= 0.3 is 0 Å². The maximum Gasteiger partial charge on any atom is 0.254 e. The molecule has 2 unspecified atom stereocenters. The molecule has 1 fully saturated rings. The molecule has 4 nitrogen and oxygen atoms in total. The lowest BCUT2D eigenvalue weighted by atomic mass is 9.88. The van der Waals surface area contributed by atoms with Gasteiger partial charge in [-0.05, 0) is 50.1 Å². The number of carbonyl (C=O) groups excluding carboxylic acids is 2. The molecular weight excluding hydrogens is 343 g/mol. The maximum atomic E-state index is 13.8.